The number of carbonyl (C=O) groups excluding carboxylic acids is 1. The van der Waals surface area contributed by atoms with Gasteiger partial charge < -0.3 is 19.7 Å². The minimum absolute atomic E-state index is 0.0468. The van der Waals surface area contributed by atoms with E-state index in [4.69, 9.17) is 14.5 Å². The number of amides is 1. The van der Waals surface area contributed by atoms with Crippen molar-refractivity contribution in [2.24, 2.45) is 5.92 Å². The summed E-state index contributed by atoms with van der Waals surface area (Å²) in [7, 11) is -0.342. The maximum Gasteiger partial charge on any atom is 0.243 e. The zero-order valence-electron chi connectivity index (χ0n) is 21.1. The number of ether oxygens (including phenoxy) is 2. The molecule has 2 aliphatic heterocycles. The number of rotatable bonds is 7. The topological polar surface area (TPSA) is 101 Å². The smallest absolute Gasteiger partial charge is 0.243 e. The summed E-state index contributed by atoms with van der Waals surface area (Å²) in [6.45, 7) is 2.51. The Labute approximate surface area is 217 Å². The summed E-state index contributed by atoms with van der Waals surface area (Å²) < 4.78 is 38.0. The molecular weight excluding hydrogens is 492 g/mol. The first kappa shape index (κ1) is 25.3. The van der Waals surface area contributed by atoms with E-state index >= 15 is 0 Å². The van der Waals surface area contributed by atoms with Crippen LogP contribution >= 0.6 is 0 Å². The highest BCUT2D eigenvalue weighted by Crippen LogP contribution is 2.31. The molecule has 3 aromatic rings. The van der Waals surface area contributed by atoms with Crippen LogP contribution < -0.4 is 19.7 Å². The lowest BCUT2D eigenvalue weighted by Gasteiger charge is -2.33. The number of pyridine rings is 1. The predicted molar refractivity (Wildman–Crippen MR) is 143 cm³/mol. The third-order valence-corrected chi connectivity index (χ3v) is 9.01. The van der Waals surface area contributed by atoms with E-state index in [1.807, 2.05) is 12.1 Å². The summed E-state index contributed by atoms with van der Waals surface area (Å²) in [6.07, 6.45) is 3.47. The molecule has 1 unspecified atom stereocenters. The maximum absolute atomic E-state index is 13.1. The normalized spacial score (nSPS) is 18.6. The van der Waals surface area contributed by atoms with Gasteiger partial charge in [0, 0.05) is 43.3 Å². The van der Waals surface area contributed by atoms with E-state index in [0.29, 0.717) is 41.7 Å². The van der Waals surface area contributed by atoms with Crippen LogP contribution in [0.2, 0.25) is 0 Å². The SMILES string of the molecule is COc1ccc(NC(=O)C2CCCN(c3ccc4cc(S(=O)(=O)N5CCCC5)ccc4n3)C2)cc1OC. The van der Waals surface area contributed by atoms with Gasteiger partial charge in [-0.2, -0.15) is 4.31 Å². The monoisotopic (exact) mass is 524 g/mol. The average Bonchev–Trinajstić information content (AvgIpc) is 3.48. The summed E-state index contributed by atoms with van der Waals surface area (Å²) in [5, 5.41) is 3.78. The molecular formula is C27H32N4O5S. The van der Waals surface area contributed by atoms with Gasteiger partial charge in [0.25, 0.3) is 0 Å². The minimum atomic E-state index is -3.48. The minimum Gasteiger partial charge on any atom is -0.493 e. The molecule has 1 atom stereocenters. The fraction of sp³-hybridized carbons (Fsp3) is 0.407. The summed E-state index contributed by atoms with van der Waals surface area (Å²) in [5.41, 5.74) is 1.39. The Kier molecular flexibility index (Phi) is 7.21. The Bertz CT molecular complexity index is 1410. The zero-order chi connectivity index (χ0) is 26.0. The number of methoxy groups -OCH3 is 2. The first-order chi connectivity index (χ1) is 17.9. The fourth-order valence-electron chi connectivity index (χ4n) is 5.06. The number of nitrogens with zero attached hydrogens (tertiary/aromatic N) is 3. The second-order valence-electron chi connectivity index (χ2n) is 9.48. The summed E-state index contributed by atoms with van der Waals surface area (Å²) >= 11 is 0. The second-order valence-corrected chi connectivity index (χ2v) is 11.4. The number of hydrogen-bond acceptors (Lipinski definition) is 7. The lowest BCUT2D eigenvalue weighted by Crippen LogP contribution is -2.41. The Morgan fingerprint density at radius 3 is 2.49 bits per heavy atom. The molecule has 10 heteroatoms. The molecule has 2 aliphatic rings. The van der Waals surface area contributed by atoms with E-state index < -0.39 is 10.0 Å². The molecule has 1 amide bonds. The van der Waals surface area contributed by atoms with Gasteiger partial charge in [0.2, 0.25) is 15.9 Å². The zero-order valence-corrected chi connectivity index (χ0v) is 22.0. The predicted octanol–water partition coefficient (Wildman–Crippen LogP) is 3.89. The Morgan fingerprint density at radius 2 is 1.73 bits per heavy atom. The van der Waals surface area contributed by atoms with E-state index in [1.165, 1.54) is 0 Å². The second kappa shape index (κ2) is 10.5. The number of carbonyl (C=O) groups is 1. The van der Waals surface area contributed by atoms with Crippen molar-refractivity contribution < 1.29 is 22.7 Å². The number of nitrogens with one attached hydrogen (secondary N) is 1. The molecule has 3 heterocycles. The summed E-state index contributed by atoms with van der Waals surface area (Å²) in [4.78, 5) is 20.3. The number of piperidine rings is 1. The molecule has 0 radical (unpaired) electrons. The van der Waals surface area contributed by atoms with Gasteiger partial charge in [-0.05, 0) is 68.1 Å². The Morgan fingerprint density at radius 1 is 0.946 bits per heavy atom. The quantitative estimate of drug-likeness (QED) is 0.500. The van der Waals surface area contributed by atoms with Gasteiger partial charge in [-0.15, -0.1) is 0 Å². The Hall–Kier alpha value is -3.37. The highest BCUT2D eigenvalue weighted by molar-refractivity contribution is 7.89. The van der Waals surface area contributed by atoms with Gasteiger partial charge in [0.05, 0.1) is 30.5 Å². The van der Waals surface area contributed by atoms with Crippen LogP contribution in [-0.2, 0) is 14.8 Å². The Balaban J connectivity index is 1.29. The number of aromatic nitrogens is 1. The van der Waals surface area contributed by atoms with Crippen molar-refractivity contribution in [1.29, 1.82) is 0 Å². The van der Waals surface area contributed by atoms with Crippen LogP contribution in [0, 0.1) is 5.92 Å². The fourth-order valence-corrected chi connectivity index (χ4v) is 6.62. The third kappa shape index (κ3) is 5.21. The number of benzene rings is 2. The molecule has 0 saturated carbocycles. The molecule has 0 aliphatic carbocycles. The van der Waals surface area contributed by atoms with Crippen molar-refractivity contribution >= 4 is 38.3 Å². The number of hydrogen-bond donors (Lipinski definition) is 1. The van der Waals surface area contributed by atoms with E-state index in [0.717, 1.165) is 48.9 Å². The van der Waals surface area contributed by atoms with Gasteiger partial charge in [-0.1, -0.05) is 0 Å². The van der Waals surface area contributed by atoms with Gasteiger partial charge in [-0.3, -0.25) is 4.79 Å². The molecule has 0 bridgehead atoms. The standard InChI is InChI=1S/C27H32N4O5S/c1-35-24-11-8-21(17-25(24)36-2)28-27(32)20-6-5-13-30(18-20)26-12-7-19-16-22(9-10-23(19)29-26)37(33,34)31-14-3-4-15-31/h7-12,16-17,20H,3-6,13-15,18H2,1-2H3,(H,28,32). The van der Waals surface area contributed by atoms with Gasteiger partial charge in [-0.25, -0.2) is 13.4 Å². The maximum atomic E-state index is 13.1. The molecule has 2 aromatic carbocycles. The lowest BCUT2D eigenvalue weighted by atomic mass is 9.97. The van der Waals surface area contributed by atoms with E-state index in [1.54, 1.807) is 54.9 Å². The molecule has 1 aromatic heterocycles. The number of fused-ring (bicyclic) bond motifs is 1. The van der Waals surface area contributed by atoms with Crippen LogP contribution in [0.15, 0.2) is 53.4 Å². The van der Waals surface area contributed by atoms with Crippen LogP contribution in [0.3, 0.4) is 0 Å². The highest BCUT2D eigenvalue weighted by atomic mass is 32.2. The molecule has 196 valence electrons. The van der Waals surface area contributed by atoms with Crippen LogP contribution in [0.4, 0.5) is 11.5 Å². The average molecular weight is 525 g/mol. The first-order valence-corrected chi connectivity index (χ1v) is 14.0. The van der Waals surface area contributed by atoms with Crippen molar-refractivity contribution in [3.05, 3.63) is 48.5 Å². The number of anilines is 2. The van der Waals surface area contributed by atoms with Crippen molar-refractivity contribution in [3.63, 3.8) is 0 Å². The first-order valence-electron chi connectivity index (χ1n) is 12.6. The molecule has 9 nitrogen and oxygen atoms in total. The van der Waals surface area contributed by atoms with Crippen molar-refractivity contribution in [3.8, 4) is 11.5 Å². The van der Waals surface area contributed by atoms with Gasteiger partial charge >= 0.3 is 0 Å². The molecule has 0 spiro atoms. The summed E-state index contributed by atoms with van der Waals surface area (Å²) in [6, 6.07) is 14.2. The highest BCUT2D eigenvalue weighted by Gasteiger charge is 2.29. The van der Waals surface area contributed by atoms with E-state index in [-0.39, 0.29) is 11.8 Å². The van der Waals surface area contributed by atoms with Gasteiger partial charge in [0.15, 0.2) is 11.5 Å². The van der Waals surface area contributed by atoms with E-state index in [9.17, 15) is 13.2 Å². The van der Waals surface area contributed by atoms with Crippen molar-refractivity contribution in [1.82, 2.24) is 9.29 Å². The van der Waals surface area contributed by atoms with Crippen molar-refractivity contribution in [2.75, 3.05) is 50.6 Å². The van der Waals surface area contributed by atoms with Crippen molar-refractivity contribution in [2.45, 2.75) is 30.6 Å². The number of sulfonamides is 1. The molecule has 2 saturated heterocycles. The molecule has 1 N–H and O–H groups in total. The lowest BCUT2D eigenvalue weighted by molar-refractivity contribution is -0.120. The van der Waals surface area contributed by atoms with E-state index in [2.05, 4.69) is 10.2 Å². The molecule has 37 heavy (non-hydrogen) atoms. The third-order valence-electron chi connectivity index (χ3n) is 7.12. The largest absolute Gasteiger partial charge is 0.493 e. The van der Waals surface area contributed by atoms with Crippen LogP contribution in [-0.4, -0.2) is 64.0 Å². The summed E-state index contributed by atoms with van der Waals surface area (Å²) in [5.74, 6) is 1.71. The van der Waals surface area contributed by atoms with Crippen LogP contribution in [0.5, 0.6) is 11.5 Å². The van der Waals surface area contributed by atoms with Gasteiger partial charge in [0.1, 0.15) is 5.82 Å². The van der Waals surface area contributed by atoms with Crippen LogP contribution in [0.25, 0.3) is 10.9 Å². The molecule has 5 rings (SSSR count). The molecule has 2 fully saturated rings. The van der Waals surface area contributed by atoms with Crippen LogP contribution in [0.1, 0.15) is 25.7 Å².